The fourth-order valence-electron chi connectivity index (χ4n) is 4.01. The number of methoxy groups -OCH3 is 4. The van der Waals surface area contributed by atoms with Crippen molar-refractivity contribution in [3.05, 3.63) is 76.9 Å². The molecule has 1 amide bonds. The van der Waals surface area contributed by atoms with E-state index < -0.39 is 34.4 Å². The third kappa shape index (κ3) is 6.52. The second kappa shape index (κ2) is 12.5. The Hall–Kier alpha value is -4.58. The van der Waals surface area contributed by atoms with Crippen LogP contribution in [0.15, 0.2) is 59.5 Å². The lowest BCUT2D eigenvalue weighted by atomic mass is 10.1. The highest BCUT2D eigenvalue weighted by Gasteiger charge is 2.29. The van der Waals surface area contributed by atoms with Gasteiger partial charge in [0.25, 0.3) is 10.0 Å². The molecule has 0 fully saturated rings. The van der Waals surface area contributed by atoms with Crippen LogP contribution in [0.5, 0.6) is 11.5 Å². The van der Waals surface area contributed by atoms with Crippen molar-refractivity contribution < 1.29 is 41.7 Å². The topological polar surface area (TPSA) is 138 Å². The number of esters is 2. The normalized spacial score (nSPS) is 10.8. The van der Waals surface area contributed by atoms with Crippen LogP contribution >= 0.6 is 0 Å². The number of carbonyl (C=O) groups excluding carboxylic acids is 3. The van der Waals surface area contributed by atoms with Gasteiger partial charge in [0.1, 0.15) is 6.54 Å². The van der Waals surface area contributed by atoms with E-state index in [9.17, 15) is 22.8 Å². The minimum atomic E-state index is -4.32. The van der Waals surface area contributed by atoms with Crippen molar-refractivity contribution in [2.24, 2.45) is 0 Å². The lowest BCUT2D eigenvalue weighted by molar-refractivity contribution is -0.114. The minimum Gasteiger partial charge on any atom is -0.493 e. The van der Waals surface area contributed by atoms with Crippen LogP contribution < -0.4 is 19.1 Å². The molecule has 212 valence electrons. The summed E-state index contributed by atoms with van der Waals surface area (Å²) in [6.07, 6.45) is 0. The molecular weight excluding hydrogens is 540 g/mol. The van der Waals surface area contributed by atoms with Crippen molar-refractivity contribution in [1.82, 2.24) is 0 Å². The first-order valence-electron chi connectivity index (χ1n) is 11.9. The Balaban J connectivity index is 2.08. The highest BCUT2D eigenvalue weighted by atomic mass is 32.2. The van der Waals surface area contributed by atoms with Crippen LogP contribution in [0.2, 0.25) is 0 Å². The van der Waals surface area contributed by atoms with Gasteiger partial charge in [-0.2, -0.15) is 0 Å². The second-order valence-electron chi connectivity index (χ2n) is 8.67. The average Bonchev–Trinajstić information content (AvgIpc) is 2.93. The highest BCUT2D eigenvalue weighted by molar-refractivity contribution is 7.92. The van der Waals surface area contributed by atoms with Gasteiger partial charge in [-0.1, -0.05) is 6.07 Å². The largest absolute Gasteiger partial charge is 0.493 e. The summed E-state index contributed by atoms with van der Waals surface area (Å²) in [6.45, 7) is 2.94. The van der Waals surface area contributed by atoms with Gasteiger partial charge in [-0.05, 0) is 67.4 Å². The zero-order valence-electron chi connectivity index (χ0n) is 22.9. The fraction of sp³-hybridized carbons (Fsp3) is 0.250. The molecule has 40 heavy (non-hydrogen) atoms. The Morgan fingerprint density at radius 3 is 1.98 bits per heavy atom. The van der Waals surface area contributed by atoms with Crippen LogP contribution in [-0.2, 0) is 24.3 Å². The molecule has 12 heteroatoms. The van der Waals surface area contributed by atoms with Gasteiger partial charge in [0, 0.05) is 6.07 Å². The molecule has 0 spiro atoms. The van der Waals surface area contributed by atoms with Crippen LogP contribution in [0, 0.1) is 13.8 Å². The third-order valence-corrected chi connectivity index (χ3v) is 7.61. The molecule has 1 N–H and O–H groups in total. The summed E-state index contributed by atoms with van der Waals surface area (Å²) in [4.78, 5) is 37.6. The number of benzene rings is 3. The minimum absolute atomic E-state index is 0.0378. The first-order chi connectivity index (χ1) is 18.9. The second-order valence-corrected chi connectivity index (χ2v) is 10.5. The van der Waals surface area contributed by atoms with Gasteiger partial charge in [-0.15, -0.1) is 0 Å². The molecule has 0 unspecified atom stereocenters. The molecule has 0 heterocycles. The van der Waals surface area contributed by atoms with E-state index in [0.29, 0.717) is 5.75 Å². The first-order valence-corrected chi connectivity index (χ1v) is 13.3. The van der Waals surface area contributed by atoms with Crippen LogP contribution in [-0.4, -0.2) is 61.2 Å². The number of ether oxygens (including phenoxy) is 4. The Bertz CT molecular complexity index is 1530. The molecule has 0 aliphatic carbocycles. The van der Waals surface area contributed by atoms with Crippen molar-refractivity contribution in [1.29, 1.82) is 0 Å². The molecule has 3 aromatic rings. The quantitative estimate of drug-likeness (QED) is 0.362. The molecule has 0 aliphatic rings. The smallest absolute Gasteiger partial charge is 0.339 e. The van der Waals surface area contributed by atoms with Crippen molar-refractivity contribution in [3.63, 3.8) is 0 Å². The molecule has 0 bridgehead atoms. The lowest BCUT2D eigenvalue weighted by Crippen LogP contribution is -2.38. The summed E-state index contributed by atoms with van der Waals surface area (Å²) in [5.74, 6) is -1.72. The number of hydrogen-bond acceptors (Lipinski definition) is 9. The van der Waals surface area contributed by atoms with E-state index in [2.05, 4.69) is 5.32 Å². The maximum atomic E-state index is 13.9. The summed E-state index contributed by atoms with van der Waals surface area (Å²) in [5.41, 5.74) is 1.78. The van der Waals surface area contributed by atoms with E-state index in [-0.39, 0.29) is 33.1 Å². The number of anilines is 2. The summed E-state index contributed by atoms with van der Waals surface area (Å²) in [5, 5.41) is 2.54. The van der Waals surface area contributed by atoms with Gasteiger partial charge >= 0.3 is 11.9 Å². The van der Waals surface area contributed by atoms with E-state index >= 15 is 0 Å². The van der Waals surface area contributed by atoms with Gasteiger partial charge in [0.2, 0.25) is 5.91 Å². The van der Waals surface area contributed by atoms with Gasteiger partial charge in [-0.3, -0.25) is 9.10 Å². The molecule has 0 aromatic heterocycles. The predicted octanol–water partition coefficient (Wildman–Crippen LogP) is 3.73. The molecule has 0 aliphatic heterocycles. The van der Waals surface area contributed by atoms with Gasteiger partial charge in [0.15, 0.2) is 11.5 Å². The van der Waals surface area contributed by atoms with Gasteiger partial charge < -0.3 is 24.3 Å². The van der Waals surface area contributed by atoms with Crippen LogP contribution in [0.3, 0.4) is 0 Å². The van der Waals surface area contributed by atoms with Crippen molar-refractivity contribution in [3.8, 4) is 11.5 Å². The number of aryl methyl sites for hydroxylation is 2. The molecule has 3 rings (SSSR count). The summed E-state index contributed by atoms with van der Waals surface area (Å²) in [7, 11) is 0.845. The monoisotopic (exact) mass is 570 g/mol. The Morgan fingerprint density at radius 1 is 0.775 bits per heavy atom. The summed E-state index contributed by atoms with van der Waals surface area (Å²) < 4.78 is 48.8. The number of carbonyl (C=O) groups is 3. The summed E-state index contributed by atoms with van der Waals surface area (Å²) in [6, 6.07) is 13.1. The zero-order chi connectivity index (χ0) is 29.6. The molecular formula is C28H30N2O9S. The zero-order valence-corrected chi connectivity index (χ0v) is 23.7. The number of nitrogens with zero attached hydrogens (tertiary/aromatic N) is 1. The number of sulfonamides is 1. The van der Waals surface area contributed by atoms with Crippen LogP contribution in [0.1, 0.15) is 31.8 Å². The van der Waals surface area contributed by atoms with Gasteiger partial charge in [-0.25, -0.2) is 18.0 Å². The SMILES string of the molecule is COC(=O)c1ccc(C(=O)OC)c(NC(=O)CN(c2cc(C)cc(C)c2)S(=O)(=O)c2ccc(OC)c(OC)c2)c1. The van der Waals surface area contributed by atoms with E-state index in [1.165, 1.54) is 64.8 Å². The van der Waals surface area contributed by atoms with E-state index in [1.54, 1.807) is 26.0 Å². The predicted molar refractivity (Wildman–Crippen MR) is 148 cm³/mol. The molecule has 3 aromatic carbocycles. The number of hydrogen-bond donors (Lipinski definition) is 1. The molecule has 0 radical (unpaired) electrons. The highest BCUT2D eigenvalue weighted by Crippen LogP contribution is 2.33. The standard InChI is InChI=1S/C28H30N2O9S/c1-17-11-18(2)13-20(12-17)30(40(34,35)21-8-10-24(36-3)25(15-21)37-4)16-26(31)29-23-14-19(27(32)38-5)7-9-22(23)28(33)39-6/h7-15H,16H2,1-6H3,(H,29,31). The Kier molecular flexibility index (Phi) is 9.38. The first kappa shape index (κ1) is 30.0. The molecule has 0 saturated carbocycles. The van der Waals surface area contributed by atoms with E-state index in [0.717, 1.165) is 15.4 Å². The number of nitrogens with one attached hydrogen (secondary N) is 1. The number of amides is 1. The fourth-order valence-corrected chi connectivity index (χ4v) is 5.44. The molecule has 0 atom stereocenters. The Morgan fingerprint density at radius 2 is 1.40 bits per heavy atom. The lowest BCUT2D eigenvalue weighted by Gasteiger charge is -2.25. The third-order valence-electron chi connectivity index (χ3n) is 5.84. The number of rotatable bonds is 10. The molecule has 11 nitrogen and oxygen atoms in total. The van der Waals surface area contributed by atoms with Crippen LogP contribution in [0.4, 0.5) is 11.4 Å². The van der Waals surface area contributed by atoms with Crippen LogP contribution in [0.25, 0.3) is 0 Å². The molecule has 0 saturated heterocycles. The van der Waals surface area contributed by atoms with Gasteiger partial charge in [0.05, 0.1) is 55.8 Å². The maximum Gasteiger partial charge on any atom is 0.339 e. The average molecular weight is 571 g/mol. The van der Waals surface area contributed by atoms with Crippen molar-refractivity contribution in [2.45, 2.75) is 18.7 Å². The van der Waals surface area contributed by atoms with Crippen molar-refractivity contribution in [2.75, 3.05) is 44.6 Å². The van der Waals surface area contributed by atoms with Crippen molar-refractivity contribution >= 4 is 39.2 Å². The maximum absolute atomic E-state index is 13.9. The Labute approximate surface area is 232 Å². The van der Waals surface area contributed by atoms with E-state index in [4.69, 9.17) is 18.9 Å². The summed E-state index contributed by atoms with van der Waals surface area (Å²) >= 11 is 0. The van der Waals surface area contributed by atoms with E-state index in [1.807, 2.05) is 6.07 Å².